The van der Waals surface area contributed by atoms with E-state index in [9.17, 15) is 18.4 Å². The Balaban J connectivity index is 3.15. The van der Waals surface area contributed by atoms with E-state index in [1.165, 1.54) is 14.0 Å². The average molecular weight is 337 g/mol. The van der Waals surface area contributed by atoms with E-state index in [0.29, 0.717) is 0 Å². The Morgan fingerprint density at radius 1 is 1.37 bits per heavy atom. The van der Waals surface area contributed by atoms with Crippen molar-refractivity contribution in [1.82, 2.24) is 0 Å². The fraction of sp³-hybridized carbons (Fsp3) is 0.333. The van der Waals surface area contributed by atoms with Crippen molar-refractivity contribution in [2.75, 3.05) is 13.7 Å². The van der Waals surface area contributed by atoms with Crippen molar-refractivity contribution in [3.63, 3.8) is 0 Å². The van der Waals surface area contributed by atoms with E-state index in [1.54, 1.807) is 0 Å². The summed E-state index contributed by atoms with van der Waals surface area (Å²) < 4.78 is 36.3. The molecule has 104 valence electrons. The minimum absolute atomic E-state index is 0.0755. The molecular weight excluding hydrogens is 326 g/mol. The van der Waals surface area contributed by atoms with E-state index in [-0.39, 0.29) is 16.6 Å². The molecule has 19 heavy (non-hydrogen) atoms. The molecule has 0 spiro atoms. The lowest BCUT2D eigenvalue weighted by Crippen LogP contribution is -2.28. The van der Waals surface area contributed by atoms with Gasteiger partial charge < -0.3 is 9.47 Å². The Hall–Kier alpha value is -1.50. The maximum absolute atomic E-state index is 13.8. The number of esters is 2. The zero-order valence-corrected chi connectivity index (χ0v) is 11.8. The van der Waals surface area contributed by atoms with E-state index in [4.69, 9.17) is 0 Å². The van der Waals surface area contributed by atoms with Crippen LogP contribution in [0.2, 0.25) is 0 Å². The quantitative estimate of drug-likeness (QED) is 0.793. The lowest BCUT2D eigenvalue weighted by atomic mass is 10.1. The van der Waals surface area contributed by atoms with Gasteiger partial charge in [-0.2, -0.15) is 8.78 Å². The second kappa shape index (κ2) is 6.10. The van der Waals surface area contributed by atoms with Crippen molar-refractivity contribution in [2.45, 2.75) is 12.8 Å². The van der Waals surface area contributed by atoms with Gasteiger partial charge >= 0.3 is 17.9 Å². The molecule has 0 amide bonds. The van der Waals surface area contributed by atoms with Crippen molar-refractivity contribution in [3.05, 3.63) is 33.8 Å². The lowest BCUT2D eigenvalue weighted by molar-refractivity contribution is -0.173. The minimum atomic E-state index is -3.79. The van der Waals surface area contributed by atoms with Gasteiger partial charge in [-0.1, -0.05) is 22.0 Å². The molecule has 1 aromatic rings. The Bertz CT molecular complexity index is 503. The molecule has 0 aliphatic carbocycles. The van der Waals surface area contributed by atoms with Crippen molar-refractivity contribution < 1.29 is 27.8 Å². The molecule has 0 aliphatic heterocycles. The molecule has 0 bridgehead atoms. The summed E-state index contributed by atoms with van der Waals surface area (Å²) >= 11 is 2.90. The molecular formula is C12H11BrF2O4. The van der Waals surface area contributed by atoms with Gasteiger partial charge in [0.1, 0.15) is 0 Å². The predicted octanol–water partition coefficient (Wildman–Crippen LogP) is 2.89. The van der Waals surface area contributed by atoms with Crippen LogP contribution in [0.4, 0.5) is 8.78 Å². The van der Waals surface area contributed by atoms with E-state index >= 15 is 0 Å². The van der Waals surface area contributed by atoms with Gasteiger partial charge in [0.2, 0.25) is 0 Å². The van der Waals surface area contributed by atoms with Crippen LogP contribution >= 0.6 is 15.9 Å². The van der Waals surface area contributed by atoms with Crippen molar-refractivity contribution >= 4 is 27.9 Å². The molecule has 0 N–H and O–H groups in total. The minimum Gasteiger partial charge on any atom is -0.465 e. The first-order chi connectivity index (χ1) is 8.84. The smallest absolute Gasteiger partial charge is 0.382 e. The summed E-state index contributed by atoms with van der Waals surface area (Å²) in [5.41, 5.74) is -0.476. The van der Waals surface area contributed by atoms with Crippen LogP contribution in [-0.4, -0.2) is 25.7 Å². The van der Waals surface area contributed by atoms with Crippen LogP contribution in [0, 0.1) is 0 Å². The van der Waals surface area contributed by atoms with Crippen LogP contribution in [-0.2, 0) is 20.2 Å². The van der Waals surface area contributed by atoms with Crippen LogP contribution in [0.15, 0.2) is 22.7 Å². The molecule has 7 heteroatoms. The van der Waals surface area contributed by atoms with Crippen molar-refractivity contribution in [2.24, 2.45) is 0 Å². The molecule has 0 fully saturated rings. The van der Waals surface area contributed by atoms with Crippen LogP contribution in [0.1, 0.15) is 22.8 Å². The standard InChI is InChI=1S/C12H11BrF2O4/c1-3-19-11(17)12(14,15)8-5-4-7(6-9(8)13)10(16)18-2/h4-6H,3H2,1-2H3. The van der Waals surface area contributed by atoms with Gasteiger partial charge in [-0.3, -0.25) is 0 Å². The fourth-order valence-corrected chi connectivity index (χ4v) is 1.97. The van der Waals surface area contributed by atoms with Gasteiger partial charge in [0.05, 0.1) is 19.3 Å². The van der Waals surface area contributed by atoms with Gasteiger partial charge in [-0.05, 0) is 19.1 Å². The molecule has 0 atom stereocenters. The van der Waals surface area contributed by atoms with Gasteiger partial charge in [-0.15, -0.1) is 0 Å². The summed E-state index contributed by atoms with van der Waals surface area (Å²) in [7, 11) is 1.18. The number of rotatable bonds is 4. The first-order valence-corrected chi connectivity index (χ1v) is 6.07. The molecule has 0 aromatic heterocycles. The summed E-state index contributed by atoms with van der Waals surface area (Å²) in [5.74, 6) is -6.09. The second-order valence-corrected chi connectivity index (χ2v) is 4.34. The summed E-state index contributed by atoms with van der Waals surface area (Å²) in [5, 5.41) is 0. The van der Waals surface area contributed by atoms with Crippen molar-refractivity contribution in [3.8, 4) is 0 Å². The van der Waals surface area contributed by atoms with Crippen LogP contribution < -0.4 is 0 Å². The molecule has 0 heterocycles. The van der Waals surface area contributed by atoms with E-state index in [0.717, 1.165) is 18.2 Å². The van der Waals surface area contributed by atoms with Crippen molar-refractivity contribution in [1.29, 1.82) is 0 Å². The summed E-state index contributed by atoms with van der Waals surface area (Å²) in [6.45, 7) is 1.29. The average Bonchev–Trinajstić information content (AvgIpc) is 2.37. The highest BCUT2D eigenvalue weighted by atomic mass is 79.9. The highest BCUT2D eigenvalue weighted by Crippen LogP contribution is 2.35. The number of benzene rings is 1. The monoisotopic (exact) mass is 336 g/mol. The molecule has 0 radical (unpaired) electrons. The second-order valence-electron chi connectivity index (χ2n) is 3.48. The Kier molecular flexibility index (Phi) is 4.99. The lowest BCUT2D eigenvalue weighted by Gasteiger charge is -2.16. The SMILES string of the molecule is CCOC(=O)C(F)(F)c1ccc(C(=O)OC)cc1Br. The molecule has 0 saturated heterocycles. The number of halogens is 3. The third-order valence-corrected chi connectivity index (χ3v) is 2.92. The number of carbonyl (C=O) groups is 2. The number of alkyl halides is 2. The third-order valence-electron chi connectivity index (χ3n) is 2.26. The van der Waals surface area contributed by atoms with Gasteiger partial charge in [-0.25, -0.2) is 9.59 Å². The number of ether oxygens (including phenoxy) is 2. The molecule has 1 rings (SSSR count). The Morgan fingerprint density at radius 2 is 2.00 bits per heavy atom. The zero-order chi connectivity index (χ0) is 14.6. The highest BCUT2D eigenvalue weighted by molar-refractivity contribution is 9.10. The Labute approximate surface area is 116 Å². The van der Waals surface area contributed by atoms with E-state index in [1.807, 2.05) is 0 Å². The number of hydrogen-bond acceptors (Lipinski definition) is 4. The molecule has 4 nitrogen and oxygen atoms in total. The van der Waals surface area contributed by atoms with E-state index < -0.39 is 23.4 Å². The summed E-state index contributed by atoms with van der Waals surface area (Å²) in [4.78, 5) is 22.4. The molecule has 1 aromatic carbocycles. The summed E-state index contributed by atoms with van der Waals surface area (Å²) in [6.07, 6.45) is 0. The zero-order valence-electron chi connectivity index (χ0n) is 10.2. The molecule has 0 aliphatic rings. The summed E-state index contributed by atoms with van der Waals surface area (Å²) in [6, 6.07) is 3.29. The number of hydrogen-bond donors (Lipinski definition) is 0. The first kappa shape index (κ1) is 15.6. The topological polar surface area (TPSA) is 52.6 Å². The molecule has 0 unspecified atom stereocenters. The predicted molar refractivity (Wildman–Crippen MR) is 66.0 cm³/mol. The fourth-order valence-electron chi connectivity index (χ4n) is 1.35. The maximum Gasteiger partial charge on any atom is 0.382 e. The van der Waals surface area contributed by atoms with Gasteiger partial charge in [0, 0.05) is 10.0 Å². The first-order valence-electron chi connectivity index (χ1n) is 5.28. The van der Waals surface area contributed by atoms with Crippen LogP contribution in [0.25, 0.3) is 0 Å². The normalized spacial score (nSPS) is 11.0. The maximum atomic E-state index is 13.8. The van der Waals surface area contributed by atoms with Gasteiger partial charge in [0.15, 0.2) is 0 Å². The largest absolute Gasteiger partial charge is 0.465 e. The third kappa shape index (κ3) is 3.28. The van der Waals surface area contributed by atoms with Crippen LogP contribution in [0.5, 0.6) is 0 Å². The highest BCUT2D eigenvalue weighted by Gasteiger charge is 2.44. The Morgan fingerprint density at radius 3 is 2.47 bits per heavy atom. The van der Waals surface area contributed by atoms with Crippen LogP contribution in [0.3, 0.4) is 0 Å². The van der Waals surface area contributed by atoms with Gasteiger partial charge in [0.25, 0.3) is 0 Å². The number of carbonyl (C=O) groups excluding carboxylic acids is 2. The molecule has 0 saturated carbocycles. The van der Waals surface area contributed by atoms with E-state index in [2.05, 4.69) is 25.4 Å². The number of methoxy groups -OCH3 is 1.